The summed E-state index contributed by atoms with van der Waals surface area (Å²) < 4.78 is 0. The maximum Gasteiger partial charge on any atom is 0.239 e. The molecule has 18 heavy (non-hydrogen) atoms. The van der Waals surface area contributed by atoms with Crippen molar-refractivity contribution in [3.05, 3.63) is 11.2 Å². The van der Waals surface area contributed by atoms with Crippen LogP contribution in [0.2, 0.25) is 5.02 Å². The van der Waals surface area contributed by atoms with Gasteiger partial charge in [0.2, 0.25) is 5.95 Å². The molecule has 0 amide bonds. The van der Waals surface area contributed by atoms with Gasteiger partial charge in [-0.1, -0.05) is 11.6 Å². The monoisotopic (exact) mass is 270 g/mol. The van der Waals surface area contributed by atoms with E-state index in [-0.39, 0.29) is 5.54 Å². The van der Waals surface area contributed by atoms with Crippen LogP contribution in [0.1, 0.15) is 13.8 Å². The Bertz CT molecular complexity index is 436. The minimum Gasteiger partial charge on any atom is -0.352 e. The van der Waals surface area contributed by atoms with Crippen LogP contribution in [0.5, 0.6) is 0 Å². The molecule has 3 N–H and O–H groups in total. The molecule has 2 heterocycles. The maximum absolute atomic E-state index is 6.17. The number of piperazine rings is 1. The Kier molecular flexibility index (Phi) is 3.61. The van der Waals surface area contributed by atoms with Crippen molar-refractivity contribution in [2.45, 2.75) is 19.4 Å². The van der Waals surface area contributed by atoms with E-state index in [4.69, 9.17) is 17.4 Å². The Hall–Kier alpha value is -1.11. The summed E-state index contributed by atoms with van der Waals surface area (Å²) in [6.07, 6.45) is 1.57. The maximum atomic E-state index is 6.17. The summed E-state index contributed by atoms with van der Waals surface area (Å²) in [7, 11) is 2.13. The van der Waals surface area contributed by atoms with E-state index in [1.54, 1.807) is 6.20 Å². The third kappa shape index (κ3) is 2.50. The number of nitrogens with two attached hydrogens (primary N) is 1. The van der Waals surface area contributed by atoms with Gasteiger partial charge in [0.1, 0.15) is 5.02 Å². The fourth-order valence-electron chi connectivity index (χ4n) is 2.07. The molecular formula is C11H19ClN6. The molecule has 0 radical (unpaired) electrons. The van der Waals surface area contributed by atoms with Gasteiger partial charge >= 0.3 is 0 Å². The van der Waals surface area contributed by atoms with Gasteiger partial charge in [0.25, 0.3) is 0 Å². The highest BCUT2D eigenvalue weighted by Gasteiger charge is 2.32. The first-order valence-corrected chi connectivity index (χ1v) is 6.27. The fourth-order valence-corrected chi connectivity index (χ4v) is 2.28. The first-order chi connectivity index (χ1) is 8.44. The second-order valence-corrected chi connectivity index (χ2v) is 5.57. The third-order valence-electron chi connectivity index (χ3n) is 3.47. The number of hydrogen-bond donors (Lipinski definition) is 2. The van der Waals surface area contributed by atoms with Gasteiger partial charge in [-0.25, -0.2) is 10.8 Å². The van der Waals surface area contributed by atoms with Crippen LogP contribution in [0, 0.1) is 0 Å². The quantitative estimate of drug-likeness (QED) is 0.616. The summed E-state index contributed by atoms with van der Waals surface area (Å²) in [5, 5.41) is 0.550. The number of rotatable bonds is 2. The normalized spacial score (nSPS) is 19.9. The predicted octanol–water partition coefficient (Wildman–Crippen LogP) is 0.946. The third-order valence-corrected chi connectivity index (χ3v) is 3.74. The molecule has 6 nitrogen and oxygen atoms in total. The fraction of sp³-hybridized carbons (Fsp3) is 0.636. The minimum atomic E-state index is 0.0861. The molecule has 0 spiro atoms. The second kappa shape index (κ2) is 4.87. The summed E-state index contributed by atoms with van der Waals surface area (Å²) in [6.45, 7) is 7.14. The number of anilines is 2. The van der Waals surface area contributed by atoms with Crippen LogP contribution >= 0.6 is 11.6 Å². The van der Waals surface area contributed by atoms with E-state index >= 15 is 0 Å². The largest absolute Gasteiger partial charge is 0.352 e. The minimum absolute atomic E-state index is 0.0861. The van der Waals surface area contributed by atoms with E-state index in [1.165, 1.54) is 0 Å². The van der Waals surface area contributed by atoms with Crippen molar-refractivity contribution in [1.29, 1.82) is 0 Å². The highest BCUT2D eigenvalue weighted by atomic mass is 35.5. The smallest absolute Gasteiger partial charge is 0.239 e. The summed E-state index contributed by atoms with van der Waals surface area (Å²) in [5.74, 6) is 6.45. The van der Waals surface area contributed by atoms with Gasteiger partial charge in [-0.15, -0.1) is 0 Å². The number of likely N-dealkylation sites (N-methyl/N-ethyl adjacent to an activating group) is 1. The van der Waals surface area contributed by atoms with Gasteiger partial charge in [-0.05, 0) is 20.9 Å². The average Bonchev–Trinajstić information content (AvgIpc) is 2.33. The molecule has 1 aromatic rings. The van der Waals surface area contributed by atoms with Gasteiger partial charge in [0.15, 0.2) is 5.82 Å². The Morgan fingerprint density at radius 1 is 1.44 bits per heavy atom. The molecule has 0 saturated carbocycles. The molecule has 1 saturated heterocycles. The number of hydrazine groups is 1. The summed E-state index contributed by atoms with van der Waals surface area (Å²) in [5.41, 5.74) is 2.53. The van der Waals surface area contributed by atoms with E-state index in [0.29, 0.717) is 11.0 Å². The molecule has 0 aliphatic carbocycles. The molecule has 0 unspecified atom stereocenters. The van der Waals surface area contributed by atoms with Gasteiger partial charge in [-0.3, -0.25) is 10.3 Å². The zero-order chi connectivity index (χ0) is 13.3. The molecule has 1 aliphatic rings. The summed E-state index contributed by atoms with van der Waals surface area (Å²) >= 11 is 6.17. The average molecular weight is 271 g/mol. The Labute approximate surface area is 112 Å². The summed E-state index contributed by atoms with van der Waals surface area (Å²) in [4.78, 5) is 12.8. The van der Waals surface area contributed by atoms with Crippen LogP contribution in [-0.2, 0) is 0 Å². The van der Waals surface area contributed by atoms with E-state index < -0.39 is 0 Å². The van der Waals surface area contributed by atoms with Crippen molar-refractivity contribution < 1.29 is 0 Å². The van der Waals surface area contributed by atoms with Gasteiger partial charge < -0.3 is 4.90 Å². The van der Waals surface area contributed by atoms with Crippen molar-refractivity contribution in [2.24, 2.45) is 5.84 Å². The van der Waals surface area contributed by atoms with Crippen LogP contribution < -0.4 is 16.2 Å². The van der Waals surface area contributed by atoms with Gasteiger partial charge in [0, 0.05) is 25.2 Å². The Morgan fingerprint density at radius 2 is 2.17 bits per heavy atom. The van der Waals surface area contributed by atoms with Crippen LogP contribution in [0.15, 0.2) is 6.20 Å². The van der Waals surface area contributed by atoms with Crippen LogP contribution in [0.25, 0.3) is 0 Å². The number of halogens is 1. The standard InChI is InChI=1S/C11H19ClN6/c1-11(2)7-18(5-4-17(11)3)9-8(12)6-14-10(15-9)16-13/h6H,4-5,7,13H2,1-3H3,(H,14,15,16). The predicted molar refractivity (Wildman–Crippen MR) is 73.8 cm³/mol. The lowest BCUT2D eigenvalue weighted by Crippen LogP contribution is -2.58. The van der Waals surface area contributed by atoms with E-state index in [9.17, 15) is 0 Å². The molecular weight excluding hydrogens is 252 g/mol. The van der Waals surface area contributed by atoms with Crippen molar-refractivity contribution in [2.75, 3.05) is 37.0 Å². The number of nitrogen functional groups attached to an aromatic ring is 1. The molecule has 1 aromatic heterocycles. The molecule has 0 bridgehead atoms. The summed E-state index contributed by atoms with van der Waals surface area (Å²) in [6, 6.07) is 0. The van der Waals surface area contributed by atoms with E-state index in [0.717, 1.165) is 25.5 Å². The van der Waals surface area contributed by atoms with E-state index in [1.807, 2.05) is 0 Å². The molecule has 2 rings (SSSR count). The zero-order valence-electron chi connectivity index (χ0n) is 10.9. The molecule has 0 aromatic carbocycles. The Morgan fingerprint density at radius 3 is 2.78 bits per heavy atom. The molecule has 1 aliphatic heterocycles. The van der Waals surface area contributed by atoms with Gasteiger partial charge in [0.05, 0.1) is 6.20 Å². The number of nitrogens with one attached hydrogen (secondary N) is 1. The topological polar surface area (TPSA) is 70.3 Å². The van der Waals surface area contributed by atoms with Crippen LogP contribution in [0.3, 0.4) is 0 Å². The highest BCUT2D eigenvalue weighted by molar-refractivity contribution is 6.32. The Balaban J connectivity index is 2.26. The van der Waals surface area contributed by atoms with Gasteiger partial charge in [-0.2, -0.15) is 4.98 Å². The first-order valence-electron chi connectivity index (χ1n) is 5.89. The number of nitrogens with zero attached hydrogens (tertiary/aromatic N) is 4. The number of hydrogen-bond acceptors (Lipinski definition) is 6. The van der Waals surface area contributed by atoms with Crippen LogP contribution in [-0.4, -0.2) is 47.1 Å². The van der Waals surface area contributed by atoms with Crippen molar-refractivity contribution in [3.8, 4) is 0 Å². The number of aromatic nitrogens is 2. The lowest BCUT2D eigenvalue weighted by atomic mass is 10.00. The lowest BCUT2D eigenvalue weighted by molar-refractivity contribution is 0.138. The molecule has 7 heteroatoms. The van der Waals surface area contributed by atoms with Crippen molar-refractivity contribution in [3.63, 3.8) is 0 Å². The van der Waals surface area contributed by atoms with Crippen molar-refractivity contribution in [1.82, 2.24) is 14.9 Å². The van der Waals surface area contributed by atoms with Crippen molar-refractivity contribution >= 4 is 23.4 Å². The van der Waals surface area contributed by atoms with Crippen LogP contribution in [0.4, 0.5) is 11.8 Å². The molecule has 100 valence electrons. The molecule has 1 fully saturated rings. The first kappa shape index (κ1) is 13.3. The van der Waals surface area contributed by atoms with E-state index in [2.05, 4.69) is 46.1 Å². The SMILES string of the molecule is CN1CCN(c2nc(NN)ncc2Cl)CC1(C)C. The zero-order valence-corrected chi connectivity index (χ0v) is 11.7. The molecule has 0 atom stereocenters. The lowest BCUT2D eigenvalue weighted by Gasteiger charge is -2.45. The highest BCUT2D eigenvalue weighted by Crippen LogP contribution is 2.28. The second-order valence-electron chi connectivity index (χ2n) is 5.17.